The maximum absolute atomic E-state index is 13.4. The summed E-state index contributed by atoms with van der Waals surface area (Å²) in [6, 6.07) is 10.7. The third-order valence-electron chi connectivity index (χ3n) is 5.88. The van der Waals surface area contributed by atoms with Gasteiger partial charge in [-0.05, 0) is 61.7 Å². The van der Waals surface area contributed by atoms with Crippen LogP contribution in [0.5, 0.6) is 5.75 Å². The van der Waals surface area contributed by atoms with Crippen molar-refractivity contribution in [3.63, 3.8) is 0 Å². The lowest BCUT2D eigenvalue weighted by Gasteiger charge is -2.23. The van der Waals surface area contributed by atoms with E-state index in [0.29, 0.717) is 34.2 Å². The standard InChI is InChI=1S/C27H25ClN2O6S/c1-5-11-36-19-10-9-17(12-14(19)2)22(31)20-21(16-7-6-8-18(28)13-16)30(25(33)23(20)32)27-29-15(3)24(37-27)26(34)35-4/h6-10,12-13,21,31H,5,11H2,1-4H3/b22-20+. The number of Topliss-reactive ketones (excluding diaryl/α,β-unsaturated/α-hetero) is 1. The highest BCUT2D eigenvalue weighted by Gasteiger charge is 2.48. The minimum Gasteiger partial charge on any atom is -0.507 e. The smallest absolute Gasteiger partial charge is 0.350 e. The van der Waals surface area contributed by atoms with E-state index >= 15 is 0 Å². The van der Waals surface area contributed by atoms with E-state index in [1.54, 1.807) is 49.4 Å². The number of aliphatic hydroxyl groups is 1. The quantitative estimate of drug-likeness (QED) is 0.179. The van der Waals surface area contributed by atoms with Crippen LogP contribution in [0.15, 0.2) is 48.0 Å². The number of hydrogen-bond acceptors (Lipinski definition) is 8. The molecule has 0 spiro atoms. The monoisotopic (exact) mass is 540 g/mol. The largest absolute Gasteiger partial charge is 0.507 e. The van der Waals surface area contributed by atoms with E-state index in [4.69, 9.17) is 21.1 Å². The second-order valence-electron chi connectivity index (χ2n) is 8.46. The Bertz CT molecular complexity index is 1430. The molecule has 0 radical (unpaired) electrons. The van der Waals surface area contributed by atoms with Crippen LogP contribution in [-0.4, -0.2) is 41.5 Å². The van der Waals surface area contributed by atoms with Crippen LogP contribution in [0.4, 0.5) is 5.13 Å². The summed E-state index contributed by atoms with van der Waals surface area (Å²) in [6.45, 7) is 6.00. The molecule has 2 heterocycles. The van der Waals surface area contributed by atoms with Crippen LogP contribution < -0.4 is 9.64 Å². The normalized spacial score (nSPS) is 16.8. The van der Waals surface area contributed by atoms with Crippen molar-refractivity contribution in [1.29, 1.82) is 0 Å². The molecular weight excluding hydrogens is 516 g/mol. The number of esters is 1. The van der Waals surface area contributed by atoms with E-state index in [0.717, 1.165) is 23.3 Å². The number of carbonyl (C=O) groups is 3. The number of anilines is 1. The Morgan fingerprint density at radius 1 is 1.19 bits per heavy atom. The summed E-state index contributed by atoms with van der Waals surface area (Å²) in [5.74, 6) is -2.02. The zero-order chi connectivity index (χ0) is 26.9. The second kappa shape index (κ2) is 10.7. The molecule has 10 heteroatoms. The van der Waals surface area contributed by atoms with E-state index < -0.39 is 23.7 Å². The molecule has 1 aliphatic heterocycles. The number of benzene rings is 2. The summed E-state index contributed by atoms with van der Waals surface area (Å²) < 4.78 is 10.5. The van der Waals surface area contributed by atoms with Crippen molar-refractivity contribution in [2.24, 2.45) is 0 Å². The number of aryl methyl sites for hydroxylation is 2. The highest BCUT2D eigenvalue weighted by atomic mass is 35.5. The number of halogens is 1. The van der Waals surface area contributed by atoms with E-state index in [-0.39, 0.29) is 21.3 Å². The van der Waals surface area contributed by atoms with E-state index in [9.17, 15) is 19.5 Å². The molecule has 1 amide bonds. The van der Waals surface area contributed by atoms with Crippen LogP contribution >= 0.6 is 22.9 Å². The number of nitrogens with zero attached hydrogens (tertiary/aromatic N) is 2. The second-order valence-corrected chi connectivity index (χ2v) is 9.87. The zero-order valence-corrected chi connectivity index (χ0v) is 22.3. The predicted octanol–water partition coefficient (Wildman–Crippen LogP) is 5.62. The molecule has 1 aromatic heterocycles. The van der Waals surface area contributed by atoms with Crippen molar-refractivity contribution in [3.05, 3.63) is 80.3 Å². The third kappa shape index (κ3) is 4.97. The molecule has 192 valence electrons. The fourth-order valence-electron chi connectivity index (χ4n) is 4.12. The Balaban J connectivity index is 1.89. The van der Waals surface area contributed by atoms with Gasteiger partial charge in [-0.15, -0.1) is 0 Å². The maximum atomic E-state index is 13.4. The van der Waals surface area contributed by atoms with Gasteiger partial charge in [-0.1, -0.05) is 42.0 Å². The van der Waals surface area contributed by atoms with E-state index in [1.165, 1.54) is 12.0 Å². The topological polar surface area (TPSA) is 106 Å². The summed E-state index contributed by atoms with van der Waals surface area (Å²) in [5.41, 5.74) is 1.87. The summed E-state index contributed by atoms with van der Waals surface area (Å²) in [6.07, 6.45) is 0.845. The van der Waals surface area contributed by atoms with Gasteiger partial charge in [-0.3, -0.25) is 14.5 Å². The van der Waals surface area contributed by atoms with Crippen molar-refractivity contribution in [1.82, 2.24) is 4.98 Å². The van der Waals surface area contributed by atoms with Gasteiger partial charge in [0.1, 0.15) is 16.4 Å². The Morgan fingerprint density at radius 2 is 1.95 bits per heavy atom. The van der Waals surface area contributed by atoms with Crippen LogP contribution in [0.3, 0.4) is 0 Å². The van der Waals surface area contributed by atoms with Gasteiger partial charge in [0.2, 0.25) is 0 Å². The van der Waals surface area contributed by atoms with Gasteiger partial charge >= 0.3 is 11.9 Å². The Kier molecular flexibility index (Phi) is 7.65. The van der Waals surface area contributed by atoms with Crippen molar-refractivity contribution >= 4 is 51.5 Å². The van der Waals surface area contributed by atoms with Crippen molar-refractivity contribution in [2.75, 3.05) is 18.6 Å². The van der Waals surface area contributed by atoms with Gasteiger partial charge in [0, 0.05) is 10.6 Å². The molecule has 1 atom stereocenters. The maximum Gasteiger partial charge on any atom is 0.350 e. The fraction of sp³-hybridized carbons (Fsp3) is 0.259. The molecule has 1 saturated heterocycles. The Hall–Kier alpha value is -3.69. The predicted molar refractivity (Wildman–Crippen MR) is 141 cm³/mol. The number of thiazole rings is 1. The van der Waals surface area contributed by atoms with Gasteiger partial charge < -0.3 is 14.6 Å². The summed E-state index contributed by atoms with van der Waals surface area (Å²) >= 11 is 7.18. The van der Waals surface area contributed by atoms with Crippen LogP contribution in [0, 0.1) is 13.8 Å². The average Bonchev–Trinajstić information content (AvgIpc) is 3.39. The molecule has 1 aliphatic rings. The van der Waals surface area contributed by atoms with Crippen molar-refractivity contribution in [3.8, 4) is 5.75 Å². The van der Waals surface area contributed by atoms with Crippen molar-refractivity contribution < 1.29 is 29.0 Å². The molecule has 1 fully saturated rings. The minimum absolute atomic E-state index is 0.110. The number of methoxy groups -OCH3 is 1. The number of ketones is 1. The molecular formula is C27H25ClN2O6S. The minimum atomic E-state index is -1.02. The zero-order valence-electron chi connectivity index (χ0n) is 20.7. The van der Waals surface area contributed by atoms with Gasteiger partial charge in [0.15, 0.2) is 5.13 Å². The third-order valence-corrected chi connectivity index (χ3v) is 7.25. The lowest BCUT2D eigenvalue weighted by molar-refractivity contribution is -0.132. The molecule has 1 N–H and O–H groups in total. The lowest BCUT2D eigenvalue weighted by atomic mass is 9.95. The van der Waals surface area contributed by atoms with Crippen LogP contribution in [-0.2, 0) is 14.3 Å². The van der Waals surface area contributed by atoms with Gasteiger partial charge in [0.25, 0.3) is 5.78 Å². The molecule has 0 saturated carbocycles. The van der Waals surface area contributed by atoms with Gasteiger partial charge in [-0.2, -0.15) is 0 Å². The lowest BCUT2D eigenvalue weighted by Crippen LogP contribution is -2.29. The Morgan fingerprint density at radius 3 is 2.59 bits per heavy atom. The first-order valence-corrected chi connectivity index (χ1v) is 12.7. The number of ether oxygens (including phenoxy) is 2. The molecule has 8 nitrogen and oxygen atoms in total. The first-order chi connectivity index (χ1) is 17.7. The highest BCUT2D eigenvalue weighted by Crippen LogP contribution is 2.44. The fourth-order valence-corrected chi connectivity index (χ4v) is 5.33. The SMILES string of the molecule is CCCOc1ccc(/C(O)=C2\C(=O)C(=O)N(c3nc(C)c(C(=O)OC)s3)C2c2cccc(Cl)c2)cc1C. The number of rotatable bonds is 7. The molecule has 1 unspecified atom stereocenters. The molecule has 37 heavy (non-hydrogen) atoms. The summed E-state index contributed by atoms with van der Waals surface area (Å²) in [7, 11) is 1.25. The summed E-state index contributed by atoms with van der Waals surface area (Å²) in [4.78, 5) is 44.7. The van der Waals surface area contributed by atoms with Crippen molar-refractivity contribution in [2.45, 2.75) is 33.2 Å². The summed E-state index contributed by atoms with van der Waals surface area (Å²) in [5, 5.41) is 11.9. The number of amides is 1. The number of carbonyl (C=O) groups excluding carboxylic acids is 3. The first-order valence-electron chi connectivity index (χ1n) is 11.5. The van der Waals surface area contributed by atoms with Gasteiger partial charge in [0.05, 0.1) is 31.0 Å². The number of aliphatic hydroxyl groups excluding tert-OH is 1. The van der Waals surface area contributed by atoms with Gasteiger partial charge in [-0.25, -0.2) is 9.78 Å². The molecule has 4 rings (SSSR count). The number of aromatic nitrogens is 1. The first kappa shape index (κ1) is 26.4. The van der Waals surface area contributed by atoms with Crippen LogP contribution in [0.25, 0.3) is 5.76 Å². The average molecular weight is 541 g/mol. The van der Waals surface area contributed by atoms with Crippen LogP contribution in [0.2, 0.25) is 5.02 Å². The molecule has 3 aromatic rings. The highest BCUT2D eigenvalue weighted by molar-refractivity contribution is 7.17. The van der Waals surface area contributed by atoms with E-state index in [2.05, 4.69) is 4.98 Å². The number of hydrogen-bond donors (Lipinski definition) is 1. The molecule has 2 aromatic carbocycles. The molecule has 0 aliphatic carbocycles. The van der Waals surface area contributed by atoms with E-state index in [1.807, 2.05) is 13.8 Å². The Labute approximate surface area is 223 Å². The molecule has 0 bridgehead atoms. The van der Waals surface area contributed by atoms with Crippen LogP contribution in [0.1, 0.15) is 51.4 Å².